The number of amides is 2. The standard InChI is InChI=1S/C31H39FN4O4S/c1-23(2)20-33-31(38)29(19-25-12-7-6-8-13-25)35(21-26-14-10-9-11-24(26)3)30(37)22-36(41(39,40)34(4)5)28-17-15-27(32)16-18-28/h6-18,23,29H,19-22H2,1-5H3,(H,33,38). The first kappa shape index (κ1) is 31.8. The van der Waals surface area contributed by atoms with E-state index in [2.05, 4.69) is 5.32 Å². The lowest BCUT2D eigenvalue weighted by Crippen LogP contribution is -2.54. The van der Waals surface area contributed by atoms with Crippen LogP contribution in [-0.2, 0) is 32.8 Å². The van der Waals surface area contributed by atoms with Gasteiger partial charge in [0.1, 0.15) is 18.4 Å². The minimum Gasteiger partial charge on any atom is -0.354 e. The van der Waals surface area contributed by atoms with Crippen LogP contribution in [0.1, 0.15) is 30.5 Å². The molecule has 0 aliphatic carbocycles. The summed E-state index contributed by atoms with van der Waals surface area (Å²) in [6.07, 6.45) is 0.235. The summed E-state index contributed by atoms with van der Waals surface area (Å²) in [5.41, 5.74) is 2.76. The summed E-state index contributed by atoms with van der Waals surface area (Å²) in [5, 5.41) is 2.96. The summed E-state index contributed by atoms with van der Waals surface area (Å²) >= 11 is 0. The normalized spacial score (nSPS) is 12.3. The lowest BCUT2D eigenvalue weighted by atomic mass is 10.0. The Morgan fingerprint density at radius 3 is 2.10 bits per heavy atom. The zero-order valence-electron chi connectivity index (χ0n) is 24.2. The predicted molar refractivity (Wildman–Crippen MR) is 160 cm³/mol. The number of halogens is 1. The van der Waals surface area contributed by atoms with Gasteiger partial charge >= 0.3 is 10.2 Å². The van der Waals surface area contributed by atoms with E-state index < -0.39 is 34.5 Å². The van der Waals surface area contributed by atoms with Gasteiger partial charge in [-0.2, -0.15) is 12.7 Å². The van der Waals surface area contributed by atoms with E-state index in [0.29, 0.717) is 6.54 Å². The van der Waals surface area contributed by atoms with Gasteiger partial charge in [-0.05, 0) is 53.8 Å². The summed E-state index contributed by atoms with van der Waals surface area (Å²) < 4.78 is 42.4. The third kappa shape index (κ3) is 8.61. The Hall–Kier alpha value is -3.76. The minimum atomic E-state index is -4.14. The molecule has 2 amide bonds. The van der Waals surface area contributed by atoms with Crippen molar-refractivity contribution in [2.24, 2.45) is 5.92 Å². The molecule has 0 aliphatic heterocycles. The van der Waals surface area contributed by atoms with Gasteiger partial charge in [-0.3, -0.25) is 9.59 Å². The van der Waals surface area contributed by atoms with Crippen LogP contribution in [-0.4, -0.2) is 62.7 Å². The maximum atomic E-state index is 14.2. The maximum absolute atomic E-state index is 14.2. The largest absolute Gasteiger partial charge is 0.354 e. The molecule has 0 fully saturated rings. The van der Waals surface area contributed by atoms with Crippen LogP contribution in [0.2, 0.25) is 0 Å². The Morgan fingerprint density at radius 1 is 0.902 bits per heavy atom. The van der Waals surface area contributed by atoms with Crippen molar-refractivity contribution in [2.75, 3.05) is 31.5 Å². The van der Waals surface area contributed by atoms with Crippen molar-refractivity contribution in [3.05, 3.63) is 101 Å². The number of rotatable bonds is 13. The molecular weight excluding hydrogens is 543 g/mol. The molecule has 3 aromatic carbocycles. The van der Waals surface area contributed by atoms with E-state index in [9.17, 15) is 22.4 Å². The fourth-order valence-corrected chi connectivity index (χ4v) is 5.33. The van der Waals surface area contributed by atoms with Crippen molar-refractivity contribution in [2.45, 2.75) is 39.8 Å². The number of nitrogens with one attached hydrogen (secondary N) is 1. The summed E-state index contributed by atoms with van der Waals surface area (Å²) in [6, 6.07) is 20.9. The van der Waals surface area contributed by atoms with Gasteiger partial charge in [-0.1, -0.05) is 68.4 Å². The molecule has 0 radical (unpaired) electrons. The van der Waals surface area contributed by atoms with Crippen LogP contribution in [0.25, 0.3) is 0 Å². The van der Waals surface area contributed by atoms with E-state index in [0.717, 1.165) is 37.4 Å². The molecule has 0 aliphatic rings. The fourth-order valence-electron chi connectivity index (χ4n) is 4.27. The average molecular weight is 583 g/mol. The lowest BCUT2D eigenvalue weighted by molar-refractivity contribution is -0.140. The highest BCUT2D eigenvalue weighted by atomic mass is 32.2. The second kappa shape index (κ2) is 14.2. The Bertz CT molecular complexity index is 1410. The smallest absolute Gasteiger partial charge is 0.304 e. The highest BCUT2D eigenvalue weighted by molar-refractivity contribution is 7.90. The second-order valence-corrected chi connectivity index (χ2v) is 12.6. The van der Waals surface area contributed by atoms with Gasteiger partial charge in [0, 0.05) is 33.6 Å². The third-order valence-electron chi connectivity index (χ3n) is 6.69. The highest BCUT2D eigenvalue weighted by Gasteiger charge is 2.35. The van der Waals surface area contributed by atoms with Gasteiger partial charge in [0.25, 0.3) is 0 Å². The van der Waals surface area contributed by atoms with Crippen molar-refractivity contribution in [1.82, 2.24) is 14.5 Å². The number of carbonyl (C=O) groups is 2. The number of benzene rings is 3. The van der Waals surface area contributed by atoms with Crippen LogP contribution in [0.15, 0.2) is 78.9 Å². The van der Waals surface area contributed by atoms with Gasteiger partial charge in [-0.15, -0.1) is 0 Å². The van der Waals surface area contributed by atoms with Gasteiger partial charge in [0.05, 0.1) is 5.69 Å². The molecular formula is C31H39FN4O4S. The van der Waals surface area contributed by atoms with Crippen LogP contribution in [0.4, 0.5) is 10.1 Å². The molecule has 0 saturated heterocycles. The van der Waals surface area contributed by atoms with Crippen LogP contribution < -0.4 is 9.62 Å². The maximum Gasteiger partial charge on any atom is 0.304 e. The monoisotopic (exact) mass is 582 g/mol. The Balaban J connectivity index is 2.09. The van der Waals surface area contributed by atoms with Crippen LogP contribution >= 0.6 is 0 Å². The molecule has 10 heteroatoms. The summed E-state index contributed by atoms with van der Waals surface area (Å²) in [4.78, 5) is 29.3. The Kier molecular flexibility index (Phi) is 11.0. The number of nitrogens with zero attached hydrogens (tertiary/aromatic N) is 3. The van der Waals surface area contributed by atoms with E-state index in [1.54, 1.807) is 0 Å². The molecule has 1 N–H and O–H groups in total. The predicted octanol–water partition coefficient (Wildman–Crippen LogP) is 4.16. The van der Waals surface area contributed by atoms with E-state index in [1.165, 1.54) is 31.1 Å². The number of aryl methyl sites for hydroxylation is 1. The average Bonchev–Trinajstić information content (AvgIpc) is 2.94. The molecule has 8 nitrogen and oxygen atoms in total. The van der Waals surface area contributed by atoms with E-state index in [4.69, 9.17) is 0 Å². The van der Waals surface area contributed by atoms with Crippen molar-refractivity contribution >= 4 is 27.7 Å². The van der Waals surface area contributed by atoms with Crippen molar-refractivity contribution < 1.29 is 22.4 Å². The third-order valence-corrected chi connectivity index (χ3v) is 8.51. The molecule has 1 atom stereocenters. The first-order chi connectivity index (χ1) is 19.4. The molecule has 0 bridgehead atoms. The van der Waals surface area contributed by atoms with E-state index in [1.807, 2.05) is 75.4 Å². The van der Waals surface area contributed by atoms with E-state index >= 15 is 0 Å². The minimum absolute atomic E-state index is 0.0946. The quantitative estimate of drug-likeness (QED) is 0.328. The van der Waals surface area contributed by atoms with Gasteiger partial charge in [0.2, 0.25) is 11.8 Å². The van der Waals surface area contributed by atoms with E-state index in [-0.39, 0.29) is 30.5 Å². The molecule has 3 rings (SSSR count). The molecule has 0 heterocycles. The summed E-state index contributed by atoms with van der Waals surface area (Å²) in [7, 11) is -1.42. The first-order valence-electron chi connectivity index (χ1n) is 13.5. The van der Waals surface area contributed by atoms with Crippen molar-refractivity contribution in [3.8, 4) is 0 Å². The SMILES string of the molecule is Cc1ccccc1CN(C(=O)CN(c1ccc(F)cc1)S(=O)(=O)N(C)C)C(Cc1ccccc1)C(=O)NCC(C)C. The van der Waals surface area contributed by atoms with Crippen molar-refractivity contribution in [3.63, 3.8) is 0 Å². The van der Waals surface area contributed by atoms with Gasteiger partial charge < -0.3 is 10.2 Å². The summed E-state index contributed by atoms with van der Waals surface area (Å²) in [6.45, 7) is 5.82. The molecule has 41 heavy (non-hydrogen) atoms. The van der Waals surface area contributed by atoms with Crippen LogP contribution in [0.5, 0.6) is 0 Å². The van der Waals surface area contributed by atoms with Crippen molar-refractivity contribution in [1.29, 1.82) is 0 Å². The van der Waals surface area contributed by atoms with Gasteiger partial charge in [-0.25, -0.2) is 8.70 Å². The number of hydrogen-bond acceptors (Lipinski definition) is 4. The zero-order valence-corrected chi connectivity index (χ0v) is 25.1. The Morgan fingerprint density at radius 2 is 1.51 bits per heavy atom. The molecule has 3 aromatic rings. The topological polar surface area (TPSA) is 90.0 Å². The molecule has 0 saturated carbocycles. The molecule has 1 unspecified atom stereocenters. The molecule has 220 valence electrons. The van der Waals surface area contributed by atoms with Crippen LogP contribution in [0, 0.1) is 18.7 Å². The number of hydrogen-bond donors (Lipinski definition) is 1. The number of carbonyl (C=O) groups excluding carboxylic acids is 2. The molecule has 0 aromatic heterocycles. The van der Waals surface area contributed by atoms with Gasteiger partial charge in [0.15, 0.2) is 0 Å². The fraction of sp³-hybridized carbons (Fsp3) is 0.355. The van der Waals surface area contributed by atoms with Crippen LogP contribution in [0.3, 0.4) is 0 Å². The Labute approximate surface area is 243 Å². The molecule has 0 spiro atoms. The highest BCUT2D eigenvalue weighted by Crippen LogP contribution is 2.23. The number of anilines is 1. The lowest BCUT2D eigenvalue weighted by Gasteiger charge is -2.34. The first-order valence-corrected chi connectivity index (χ1v) is 14.9. The second-order valence-electron chi connectivity index (χ2n) is 10.6. The zero-order chi connectivity index (χ0) is 30.2. The summed E-state index contributed by atoms with van der Waals surface area (Å²) in [5.74, 6) is -1.24.